The van der Waals surface area contributed by atoms with Crippen molar-refractivity contribution in [2.75, 3.05) is 0 Å². The lowest BCUT2D eigenvalue weighted by Gasteiger charge is -2.15. The van der Waals surface area contributed by atoms with Gasteiger partial charge in [-0.1, -0.05) is 19.9 Å². The molecule has 0 heterocycles. The summed E-state index contributed by atoms with van der Waals surface area (Å²) in [6, 6.07) is 5.03. The maximum atomic E-state index is 12.8. The summed E-state index contributed by atoms with van der Waals surface area (Å²) >= 11 is 0. The minimum Gasteiger partial charge on any atom is -0.425 e. The zero-order valence-electron chi connectivity index (χ0n) is 10.9. The molecule has 1 rings (SSSR count). The van der Waals surface area contributed by atoms with E-state index in [1.807, 2.05) is 0 Å². The summed E-state index contributed by atoms with van der Waals surface area (Å²) in [6.45, 7) is 4.69. The van der Waals surface area contributed by atoms with E-state index in [0.29, 0.717) is 0 Å². The van der Waals surface area contributed by atoms with Crippen molar-refractivity contribution in [1.82, 2.24) is 0 Å². The highest BCUT2D eigenvalue weighted by Gasteiger charge is 2.17. The molecule has 0 aliphatic carbocycles. The predicted molar refractivity (Wildman–Crippen MR) is 63.9 cm³/mol. The molecule has 6 heteroatoms. The Morgan fingerprint density at radius 3 is 2.42 bits per heavy atom. The smallest absolute Gasteiger partial charge is 0.425 e. The predicted octanol–water partition coefficient (Wildman–Crippen LogP) is 2.89. The first-order chi connectivity index (χ1) is 8.88. The normalized spacial score (nSPS) is 11.8. The van der Waals surface area contributed by atoms with Crippen molar-refractivity contribution in [3.8, 4) is 5.75 Å². The van der Waals surface area contributed by atoms with E-state index < -0.39 is 24.2 Å². The van der Waals surface area contributed by atoms with E-state index in [1.165, 1.54) is 25.1 Å². The van der Waals surface area contributed by atoms with Gasteiger partial charge in [0.05, 0.1) is 5.92 Å². The van der Waals surface area contributed by atoms with Crippen molar-refractivity contribution < 1.29 is 28.2 Å². The van der Waals surface area contributed by atoms with Gasteiger partial charge in [-0.2, -0.15) is 0 Å². The Bertz CT molecular complexity index is 458. The SMILES string of the molecule is CC(C)C(=O)O[C@@H](C)OC(=O)Oc1cccc(F)c1. The average Bonchev–Trinajstić information content (AvgIpc) is 2.27. The first-order valence-electron chi connectivity index (χ1n) is 5.73. The van der Waals surface area contributed by atoms with Crippen LogP contribution in [0.25, 0.3) is 0 Å². The molecule has 0 aliphatic heterocycles. The molecule has 0 aliphatic rings. The molecule has 0 unspecified atom stereocenters. The Morgan fingerprint density at radius 2 is 1.84 bits per heavy atom. The second-order valence-electron chi connectivity index (χ2n) is 4.09. The molecule has 0 saturated heterocycles. The molecule has 1 atom stereocenters. The number of ether oxygens (including phenoxy) is 3. The van der Waals surface area contributed by atoms with Gasteiger partial charge in [-0.3, -0.25) is 4.79 Å². The molecule has 0 radical (unpaired) electrons. The van der Waals surface area contributed by atoms with E-state index >= 15 is 0 Å². The fraction of sp³-hybridized carbons (Fsp3) is 0.385. The number of hydrogen-bond acceptors (Lipinski definition) is 5. The van der Waals surface area contributed by atoms with Crippen molar-refractivity contribution in [2.24, 2.45) is 5.92 Å². The van der Waals surface area contributed by atoms with Crippen LogP contribution in [0.3, 0.4) is 0 Å². The van der Waals surface area contributed by atoms with Gasteiger partial charge in [0.15, 0.2) is 0 Å². The van der Waals surface area contributed by atoms with Crippen molar-refractivity contribution in [3.63, 3.8) is 0 Å². The van der Waals surface area contributed by atoms with E-state index in [4.69, 9.17) is 9.47 Å². The van der Waals surface area contributed by atoms with Crippen LogP contribution in [0.15, 0.2) is 24.3 Å². The molecule has 19 heavy (non-hydrogen) atoms. The number of esters is 1. The van der Waals surface area contributed by atoms with E-state index in [2.05, 4.69) is 4.74 Å². The van der Waals surface area contributed by atoms with Crippen molar-refractivity contribution in [2.45, 2.75) is 27.1 Å². The highest BCUT2D eigenvalue weighted by Crippen LogP contribution is 2.13. The van der Waals surface area contributed by atoms with Crippen LogP contribution in [-0.2, 0) is 14.3 Å². The number of benzene rings is 1. The highest BCUT2D eigenvalue weighted by molar-refractivity contribution is 5.72. The lowest BCUT2D eigenvalue weighted by Crippen LogP contribution is -2.25. The van der Waals surface area contributed by atoms with Crippen LogP contribution in [0.5, 0.6) is 5.75 Å². The van der Waals surface area contributed by atoms with Crippen LogP contribution >= 0.6 is 0 Å². The Balaban J connectivity index is 2.45. The Labute approximate surface area is 110 Å². The van der Waals surface area contributed by atoms with Crippen LogP contribution in [-0.4, -0.2) is 18.4 Å². The Kier molecular flexibility index (Phi) is 5.29. The first kappa shape index (κ1) is 14.9. The summed E-state index contributed by atoms with van der Waals surface area (Å²) < 4.78 is 27.1. The number of carbonyl (C=O) groups is 2. The van der Waals surface area contributed by atoms with Crippen LogP contribution < -0.4 is 4.74 Å². The minimum atomic E-state index is -1.07. The molecular formula is C13H15FO5. The molecular weight excluding hydrogens is 255 g/mol. The van der Waals surface area contributed by atoms with Crippen LogP contribution in [0.1, 0.15) is 20.8 Å². The van der Waals surface area contributed by atoms with Crippen molar-refractivity contribution >= 4 is 12.1 Å². The summed E-state index contributed by atoms with van der Waals surface area (Å²) in [5, 5.41) is 0. The second-order valence-corrected chi connectivity index (χ2v) is 4.09. The minimum absolute atomic E-state index is 0.00684. The van der Waals surface area contributed by atoms with Gasteiger partial charge < -0.3 is 14.2 Å². The molecule has 0 aromatic heterocycles. The largest absolute Gasteiger partial charge is 0.516 e. The third-order valence-corrected chi connectivity index (χ3v) is 2.01. The highest BCUT2D eigenvalue weighted by atomic mass is 19.1. The van der Waals surface area contributed by atoms with Crippen molar-refractivity contribution in [3.05, 3.63) is 30.1 Å². The monoisotopic (exact) mass is 270 g/mol. The maximum absolute atomic E-state index is 12.8. The first-order valence-corrected chi connectivity index (χ1v) is 5.73. The number of halogens is 1. The molecule has 0 N–H and O–H groups in total. The number of carbonyl (C=O) groups excluding carboxylic acids is 2. The topological polar surface area (TPSA) is 61.8 Å². The summed E-state index contributed by atoms with van der Waals surface area (Å²) in [6.07, 6.45) is -2.15. The van der Waals surface area contributed by atoms with Crippen LogP contribution in [0.2, 0.25) is 0 Å². The quantitative estimate of drug-likeness (QED) is 0.478. The molecule has 104 valence electrons. The van der Waals surface area contributed by atoms with E-state index in [9.17, 15) is 14.0 Å². The average molecular weight is 270 g/mol. The van der Waals surface area contributed by atoms with Gasteiger partial charge in [-0.05, 0) is 12.1 Å². The third-order valence-electron chi connectivity index (χ3n) is 2.01. The van der Waals surface area contributed by atoms with Gasteiger partial charge in [0, 0.05) is 13.0 Å². The molecule has 1 aromatic rings. The summed E-state index contributed by atoms with van der Waals surface area (Å²) in [4.78, 5) is 22.6. The third kappa shape index (κ3) is 5.37. The fourth-order valence-corrected chi connectivity index (χ4v) is 1.11. The van der Waals surface area contributed by atoms with Gasteiger partial charge in [-0.25, -0.2) is 9.18 Å². The molecule has 0 spiro atoms. The number of rotatable bonds is 4. The summed E-state index contributed by atoms with van der Waals surface area (Å²) in [7, 11) is 0. The van der Waals surface area contributed by atoms with Gasteiger partial charge in [0.2, 0.25) is 6.29 Å². The van der Waals surface area contributed by atoms with Gasteiger partial charge >= 0.3 is 12.1 Å². The van der Waals surface area contributed by atoms with E-state index in [1.54, 1.807) is 13.8 Å². The van der Waals surface area contributed by atoms with Gasteiger partial charge in [0.25, 0.3) is 0 Å². The molecule has 0 fully saturated rings. The zero-order valence-corrected chi connectivity index (χ0v) is 10.9. The molecule has 0 amide bonds. The van der Waals surface area contributed by atoms with Gasteiger partial charge in [0.1, 0.15) is 11.6 Å². The number of hydrogen-bond donors (Lipinski definition) is 0. The van der Waals surface area contributed by atoms with Crippen molar-refractivity contribution in [1.29, 1.82) is 0 Å². The molecule has 0 saturated carbocycles. The van der Waals surface area contributed by atoms with Gasteiger partial charge in [-0.15, -0.1) is 0 Å². The Morgan fingerprint density at radius 1 is 1.16 bits per heavy atom. The molecule has 1 aromatic carbocycles. The van der Waals surface area contributed by atoms with Crippen LogP contribution in [0, 0.1) is 11.7 Å². The summed E-state index contributed by atoms with van der Waals surface area (Å²) in [5.41, 5.74) is 0. The lowest BCUT2D eigenvalue weighted by molar-refractivity contribution is -0.170. The second kappa shape index (κ2) is 6.72. The Hall–Kier alpha value is -2.11. The van der Waals surface area contributed by atoms with E-state index in [0.717, 1.165) is 6.07 Å². The van der Waals surface area contributed by atoms with E-state index in [-0.39, 0.29) is 11.7 Å². The molecule has 5 nitrogen and oxygen atoms in total. The van der Waals surface area contributed by atoms with Crippen LogP contribution in [0.4, 0.5) is 9.18 Å². The fourth-order valence-electron chi connectivity index (χ4n) is 1.11. The standard InChI is InChI=1S/C13H15FO5/c1-8(2)12(15)17-9(3)18-13(16)19-11-6-4-5-10(14)7-11/h4-9H,1-3H3/t9-/m1/s1. The lowest BCUT2D eigenvalue weighted by atomic mass is 10.2. The zero-order chi connectivity index (χ0) is 14.4. The summed E-state index contributed by atoms with van der Waals surface area (Å²) in [5.74, 6) is -1.35. The maximum Gasteiger partial charge on any atom is 0.516 e. The molecule has 0 bridgehead atoms.